The van der Waals surface area contributed by atoms with Gasteiger partial charge in [-0.15, -0.1) is 0 Å². The van der Waals surface area contributed by atoms with Gasteiger partial charge in [-0.3, -0.25) is 29.4 Å². The van der Waals surface area contributed by atoms with Crippen LogP contribution in [0.4, 0.5) is 10.5 Å². The van der Waals surface area contributed by atoms with Gasteiger partial charge in [-0.25, -0.2) is 4.79 Å². The fraction of sp³-hybridized carbons (Fsp3) is 0.633. The third-order valence-corrected chi connectivity index (χ3v) is 8.34. The number of carbonyl (C=O) groups excluding carboxylic acids is 5. The Balaban J connectivity index is 1.26. The number of carbonyl (C=O) groups is 5. The van der Waals surface area contributed by atoms with Crippen LogP contribution in [0, 0.1) is 0 Å². The Kier molecular flexibility index (Phi) is 8.09. The molecule has 4 aliphatic rings. The molecule has 11 heteroatoms. The van der Waals surface area contributed by atoms with Gasteiger partial charge in [0, 0.05) is 31.7 Å². The summed E-state index contributed by atoms with van der Waals surface area (Å²) in [5.41, 5.74) is 0.0556. The molecular formula is C30H40N4O7. The van der Waals surface area contributed by atoms with Gasteiger partial charge in [-0.2, -0.15) is 0 Å². The first-order valence-electron chi connectivity index (χ1n) is 14.7. The summed E-state index contributed by atoms with van der Waals surface area (Å²) < 4.78 is 12.3. The van der Waals surface area contributed by atoms with E-state index in [9.17, 15) is 24.0 Å². The van der Waals surface area contributed by atoms with Crippen LogP contribution in [0.5, 0.6) is 0 Å². The first-order chi connectivity index (χ1) is 19.5. The van der Waals surface area contributed by atoms with E-state index in [0.29, 0.717) is 25.3 Å². The highest BCUT2D eigenvalue weighted by atomic mass is 16.6. The Labute approximate surface area is 240 Å². The van der Waals surface area contributed by atoms with E-state index in [2.05, 4.69) is 10.6 Å². The molecule has 0 bridgehead atoms. The lowest BCUT2D eigenvalue weighted by atomic mass is 9.84. The van der Waals surface area contributed by atoms with Crippen molar-refractivity contribution in [1.82, 2.24) is 15.1 Å². The van der Waals surface area contributed by atoms with Gasteiger partial charge < -0.3 is 19.7 Å². The molecular weight excluding hydrogens is 528 g/mol. The van der Waals surface area contributed by atoms with E-state index in [-0.39, 0.29) is 36.2 Å². The Hall–Kier alpha value is -3.47. The zero-order valence-electron chi connectivity index (χ0n) is 24.1. The third-order valence-electron chi connectivity index (χ3n) is 8.34. The van der Waals surface area contributed by atoms with Gasteiger partial charge in [-0.05, 0) is 65.0 Å². The first kappa shape index (κ1) is 29.0. The maximum atomic E-state index is 13.5. The molecule has 1 aliphatic carbocycles. The van der Waals surface area contributed by atoms with Crippen LogP contribution < -0.4 is 10.6 Å². The molecule has 222 valence electrons. The Morgan fingerprint density at radius 3 is 2.39 bits per heavy atom. The van der Waals surface area contributed by atoms with Gasteiger partial charge in [0.05, 0.1) is 22.8 Å². The molecule has 0 aromatic heterocycles. The Bertz CT molecular complexity index is 1230. The molecule has 1 aromatic rings. The van der Waals surface area contributed by atoms with Crippen molar-refractivity contribution in [3.05, 3.63) is 29.3 Å². The van der Waals surface area contributed by atoms with Gasteiger partial charge in [-0.1, -0.05) is 25.3 Å². The molecule has 2 saturated heterocycles. The maximum Gasteiger partial charge on any atom is 0.410 e. The van der Waals surface area contributed by atoms with Gasteiger partial charge in [0.25, 0.3) is 11.8 Å². The van der Waals surface area contributed by atoms with Crippen molar-refractivity contribution < 1.29 is 33.4 Å². The minimum Gasteiger partial charge on any atom is -0.444 e. The summed E-state index contributed by atoms with van der Waals surface area (Å²) >= 11 is 0. The van der Waals surface area contributed by atoms with E-state index in [0.717, 1.165) is 49.8 Å². The van der Waals surface area contributed by atoms with Crippen LogP contribution >= 0.6 is 0 Å². The van der Waals surface area contributed by atoms with Crippen LogP contribution in [0.15, 0.2) is 18.2 Å². The second-order valence-corrected chi connectivity index (χ2v) is 12.6. The molecule has 2 N–H and O–H groups in total. The summed E-state index contributed by atoms with van der Waals surface area (Å²) in [5.74, 6) is -2.09. The summed E-state index contributed by atoms with van der Waals surface area (Å²) in [6.07, 6.45) is 6.27. The molecule has 11 nitrogen and oxygen atoms in total. The van der Waals surface area contributed by atoms with E-state index in [1.807, 2.05) is 20.8 Å². The molecule has 0 radical (unpaired) electrons. The first-order valence-corrected chi connectivity index (χ1v) is 14.7. The molecule has 3 heterocycles. The monoisotopic (exact) mass is 568 g/mol. The fourth-order valence-corrected chi connectivity index (χ4v) is 6.29. The van der Waals surface area contributed by atoms with Crippen LogP contribution in [0.3, 0.4) is 0 Å². The van der Waals surface area contributed by atoms with Gasteiger partial charge in [0.15, 0.2) is 0 Å². The summed E-state index contributed by atoms with van der Waals surface area (Å²) in [7, 11) is 0. The second-order valence-electron chi connectivity index (χ2n) is 12.6. The molecule has 1 aromatic carbocycles. The zero-order valence-corrected chi connectivity index (χ0v) is 24.1. The highest BCUT2D eigenvalue weighted by Crippen LogP contribution is 2.37. The van der Waals surface area contributed by atoms with Crippen LogP contribution in [-0.4, -0.2) is 82.5 Å². The average molecular weight is 569 g/mol. The maximum absolute atomic E-state index is 13.5. The number of piperidine rings is 2. The molecule has 0 spiro atoms. The number of nitrogens with one attached hydrogen (secondary N) is 2. The molecule has 41 heavy (non-hydrogen) atoms. The van der Waals surface area contributed by atoms with Crippen molar-refractivity contribution >= 4 is 35.4 Å². The Morgan fingerprint density at radius 2 is 1.73 bits per heavy atom. The number of anilines is 1. The fourth-order valence-electron chi connectivity index (χ4n) is 6.29. The number of rotatable bonds is 6. The zero-order chi connectivity index (χ0) is 29.4. The smallest absolute Gasteiger partial charge is 0.410 e. The topological polar surface area (TPSA) is 134 Å². The molecule has 5 rings (SSSR count). The van der Waals surface area contributed by atoms with Crippen molar-refractivity contribution in [3.63, 3.8) is 0 Å². The molecule has 3 aliphatic heterocycles. The lowest BCUT2D eigenvalue weighted by Crippen LogP contribution is -2.54. The van der Waals surface area contributed by atoms with Crippen molar-refractivity contribution in [2.75, 3.05) is 25.0 Å². The minimum absolute atomic E-state index is 0.00120. The van der Waals surface area contributed by atoms with Crippen molar-refractivity contribution in [3.8, 4) is 0 Å². The largest absolute Gasteiger partial charge is 0.444 e. The highest BCUT2D eigenvalue weighted by molar-refractivity contribution is 6.25. The SMILES string of the molecule is CC(C)(C)OC(=O)N1CCC(OC2(CNc3cccc4c3C(=O)N(C3CCC(=O)NC3=O)C4=O)CCCCC2)CC1. The summed E-state index contributed by atoms with van der Waals surface area (Å²) in [6, 6.07) is 4.08. The number of hydrogen-bond donors (Lipinski definition) is 2. The molecule has 1 atom stereocenters. The molecule has 5 amide bonds. The van der Waals surface area contributed by atoms with Gasteiger partial charge in [0.1, 0.15) is 11.6 Å². The lowest BCUT2D eigenvalue weighted by Gasteiger charge is -2.43. The van der Waals surface area contributed by atoms with E-state index in [1.165, 1.54) is 0 Å². The van der Waals surface area contributed by atoms with Crippen LogP contribution in [0.2, 0.25) is 0 Å². The van der Waals surface area contributed by atoms with Gasteiger partial charge >= 0.3 is 6.09 Å². The second kappa shape index (κ2) is 11.4. The summed E-state index contributed by atoms with van der Waals surface area (Å²) in [6.45, 7) is 7.19. The predicted molar refractivity (Wildman–Crippen MR) is 149 cm³/mol. The van der Waals surface area contributed by atoms with Crippen LogP contribution in [0.1, 0.15) is 99.3 Å². The van der Waals surface area contributed by atoms with Crippen LogP contribution in [0.25, 0.3) is 0 Å². The number of likely N-dealkylation sites (tertiary alicyclic amines) is 1. The van der Waals surface area contributed by atoms with Crippen molar-refractivity contribution in [1.29, 1.82) is 0 Å². The number of fused-ring (bicyclic) bond motifs is 1. The van der Waals surface area contributed by atoms with E-state index >= 15 is 0 Å². The summed E-state index contributed by atoms with van der Waals surface area (Å²) in [4.78, 5) is 66.0. The van der Waals surface area contributed by atoms with Crippen molar-refractivity contribution in [2.24, 2.45) is 0 Å². The minimum atomic E-state index is -1.01. The number of amides is 5. The predicted octanol–water partition coefficient (Wildman–Crippen LogP) is 3.62. The molecule has 1 saturated carbocycles. The number of nitrogens with zero attached hydrogens (tertiary/aromatic N) is 2. The quantitative estimate of drug-likeness (QED) is 0.497. The van der Waals surface area contributed by atoms with Gasteiger partial charge in [0.2, 0.25) is 11.8 Å². The molecule has 3 fully saturated rings. The standard InChI is InChI=1S/C30H40N4O7/c1-29(2,3)41-28(39)33-16-12-19(13-17-33)40-30(14-5-4-6-15-30)18-31-21-9-7-8-20-24(21)27(38)34(26(20)37)22-10-11-23(35)32-25(22)36/h7-9,19,22,31H,4-6,10-18H2,1-3H3,(H,32,35,36). The van der Waals surface area contributed by atoms with E-state index < -0.39 is 40.9 Å². The van der Waals surface area contributed by atoms with E-state index in [4.69, 9.17) is 9.47 Å². The van der Waals surface area contributed by atoms with Crippen LogP contribution in [-0.2, 0) is 19.1 Å². The third kappa shape index (κ3) is 6.24. The normalized spacial score (nSPS) is 23.3. The van der Waals surface area contributed by atoms with E-state index in [1.54, 1.807) is 23.1 Å². The number of hydrogen-bond acceptors (Lipinski definition) is 8. The number of imide groups is 2. The van der Waals surface area contributed by atoms with Crippen molar-refractivity contribution in [2.45, 2.75) is 102 Å². The lowest BCUT2D eigenvalue weighted by molar-refractivity contribution is -0.136. The highest BCUT2D eigenvalue weighted by Gasteiger charge is 2.46. The summed E-state index contributed by atoms with van der Waals surface area (Å²) in [5, 5.41) is 5.66. The number of benzene rings is 1. The number of ether oxygens (including phenoxy) is 2. The average Bonchev–Trinajstić information content (AvgIpc) is 3.17. The Morgan fingerprint density at radius 1 is 1.02 bits per heavy atom. The molecule has 1 unspecified atom stereocenters.